The zero-order valence-corrected chi connectivity index (χ0v) is 12.9. The van der Waals surface area contributed by atoms with Crippen LogP contribution in [0.15, 0.2) is 0 Å². The number of methoxy groups -OCH3 is 1. The van der Waals surface area contributed by atoms with Gasteiger partial charge in [-0.3, -0.25) is 9.59 Å². The number of nitrogens with two attached hydrogens (primary N) is 1. The Morgan fingerprint density at radius 1 is 1.24 bits per heavy atom. The fourth-order valence-corrected chi connectivity index (χ4v) is 3.34. The lowest BCUT2D eigenvalue weighted by molar-refractivity contribution is -0.139. The standard InChI is InChI=1S/C15H27N3O3/c1-21-11-13(19)17-12-5-9-18(10-6-12)14(20)15(16)7-3-2-4-8-15/h12H,2-11,16H2,1H3,(H,17,19). The van der Waals surface area contributed by atoms with Crippen molar-refractivity contribution in [1.29, 1.82) is 0 Å². The first kappa shape index (κ1) is 16.2. The number of likely N-dealkylation sites (tertiary alicyclic amines) is 1. The van der Waals surface area contributed by atoms with E-state index in [0.717, 1.165) is 38.5 Å². The number of hydrogen-bond donors (Lipinski definition) is 2. The molecular weight excluding hydrogens is 270 g/mol. The van der Waals surface area contributed by atoms with E-state index in [1.54, 1.807) is 0 Å². The fourth-order valence-electron chi connectivity index (χ4n) is 3.34. The number of ether oxygens (including phenoxy) is 1. The van der Waals surface area contributed by atoms with Gasteiger partial charge < -0.3 is 20.7 Å². The minimum absolute atomic E-state index is 0.0883. The van der Waals surface area contributed by atoms with Crippen LogP contribution < -0.4 is 11.1 Å². The highest BCUT2D eigenvalue weighted by Crippen LogP contribution is 2.28. The number of carbonyl (C=O) groups excluding carboxylic acids is 2. The summed E-state index contributed by atoms with van der Waals surface area (Å²) in [7, 11) is 1.51. The molecule has 2 aliphatic rings. The van der Waals surface area contributed by atoms with Crippen LogP contribution in [0.2, 0.25) is 0 Å². The SMILES string of the molecule is COCC(=O)NC1CCN(C(=O)C2(N)CCCCC2)CC1. The van der Waals surface area contributed by atoms with Crippen molar-refractivity contribution in [2.45, 2.75) is 56.5 Å². The molecule has 0 spiro atoms. The molecule has 0 aromatic carbocycles. The Morgan fingerprint density at radius 2 is 1.86 bits per heavy atom. The van der Waals surface area contributed by atoms with Crippen LogP contribution in [0.4, 0.5) is 0 Å². The van der Waals surface area contributed by atoms with E-state index < -0.39 is 5.54 Å². The summed E-state index contributed by atoms with van der Waals surface area (Å²) in [4.78, 5) is 26.0. The van der Waals surface area contributed by atoms with Gasteiger partial charge >= 0.3 is 0 Å². The lowest BCUT2D eigenvalue weighted by Gasteiger charge is -2.40. The lowest BCUT2D eigenvalue weighted by Crippen LogP contribution is -2.58. The maximum Gasteiger partial charge on any atom is 0.246 e. The molecule has 0 aromatic heterocycles. The van der Waals surface area contributed by atoms with Gasteiger partial charge in [0.1, 0.15) is 6.61 Å². The van der Waals surface area contributed by atoms with Gasteiger partial charge in [-0.15, -0.1) is 0 Å². The van der Waals surface area contributed by atoms with Gasteiger partial charge in [0.25, 0.3) is 0 Å². The molecule has 1 heterocycles. The first-order valence-corrected chi connectivity index (χ1v) is 7.92. The van der Waals surface area contributed by atoms with Crippen molar-refractivity contribution in [3.05, 3.63) is 0 Å². The summed E-state index contributed by atoms with van der Waals surface area (Å²) < 4.78 is 4.80. The molecular formula is C15H27N3O3. The van der Waals surface area contributed by atoms with Crippen molar-refractivity contribution < 1.29 is 14.3 Å². The van der Waals surface area contributed by atoms with E-state index in [0.29, 0.717) is 13.1 Å². The van der Waals surface area contributed by atoms with E-state index in [9.17, 15) is 9.59 Å². The average molecular weight is 297 g/mol. The summed E-state index contributed by atoms with van der Waals surface area (Å²) >= 11 is 0. The van der Waals surface area contributed by atoms with Crippen molar-refractivity contribution in [2.75, 3.05) is 26.8 Å². The second kappa shape index (κ2) is 7.22. The summed E-state index contributed by atoms with van der Waals surface area (Å²) in [6.07, 6.45) is 6.46. The maximum atomic E-state index is 12.6. The Morgan fingerprint density at radius 3 is 2.43 bits per heavy atom. The predicted molar refractivity (Wildman–Crippen MR) is 79.6 cm³/mol. The molecule has 1 aliphatic heterocycles. The summed E-state index contributed by atoms with van der Waals surface area (Å²) in [5.41, 5.74) is 5.66. The average Bonchev–Trinajstić information content (AvgIpc) is 2.48. The van der Waals surface area contributed by atoms with Crippen molar-refractivity contribution in [1.82, 2.24) is 10.2 Å². The molecule has 120 valence electrons. The summed E-state index contributed by atoms with van der Waals surface area (Å²) in [6, 6.07) is 0.136. The van der Waals surface area contributed by atoms with Crippen LogP contribution in [0.25, 0.3) is 0 Å². The smallest absolute Gasteiger partial charge is 0.246 e. The molecule has 6 heteroatoms. The number of nitrogens with zero attached hydrogens (tertiary/aromatic N) is 1. The van der Waals surface area contributed by atoms with E-state index in [1.165, 1.54) is 13.5 Å². The van der Waals surface area contributed by atoms with E-state index in [-0.39, 0.29) is 24.5 Å². The fraction of sp³-hybridized carbons (Fsp3) is 0.867. The third-order valence-corrected chi connectivity index (χ3v) is 4.59. The molecule has 3 N–H and O–H groups in total. The van der Waals surface area contributed by atoms with E-state index in [2.05, 4.69) is 5.32 Å². The van der Waals surface area contributed by atoms with Gasteiger partial charge in [0.2, 0.25) is 11.8 Å². The van der Waals surface area contributed by atoms with Gasteiger partial charge in [0, 0.05) is 26.2 Å². The number of piperidine rings is 1. The quantitative estimate of drug-likeness (QED) is 0.787. The van der Waals surface area contributed by atoms with Crippen LogP contribution in [0.5, 0.6) is 0 Å². The Balaban J connectivity index is 1.80. The third-order valence-electron chi connectivity index (χ3n) is 4.59. The van der Waals surface area contributed by atoms with Gasteiger partial charge in [0.05, 0.1) is 5.54 Å². The zero-order valence-electron chi connectivity index (χ0n) is 12.9. The number of carbonyl (C=O) groups is 2. The van der Waals surface area contributed by atoms with Crippen LogP contribution in [0, 0.1) is 0 Å². The zero-order chi connectivity index (χ0) is 15.3. The molecule has 0 unspecified atom stereocenters. The third kappa shape index (κ3) is 4.17. The summed E-state index contributed by atoms with van der Waals surface area (Å²) in [5.74, 6) is 0.00807. The Kier molecular flexibility index (Phi) is 5.58. The Bertz CT molecular complexity index is 372. The molecule has 2 fully saturated rings. The number of rotatable bonds is 4. The van der Waals surface area contributed by atoms with Crippen LogP contribution in [0.1, 0.15) is 44.9 Å². The molecule has 1 saturated heterocycles. The summed E-state index contributed by atoms with van der Waals surface area (Å²) in [5, 5.41) is 2.94. The topological polar surface area (TPSA) is 84.7 Å². The molecule has 0 radical (unpaired) electrons. The van der Waals surface area contributed by atoms with Crippen molar-refractivity contribution in [2.24, 2.45) is 5.73 Å². The molecule has 0 atom stereocenters. The number of nitrogens with one attached hydrogen (secondary N) is 1. The Hall–Kier alpha value is -1.14. The highest BCUT2D eigenvalue weighted by molar-refractivity contribution is 5.86. The van der Waals surface area contributed by atoms with Crippen LogP contribution in [0.3, 0.4) is 0 Å². The maximum absolute atomic E-state index is 12.6. The van der Waals surface area contributed by atoms with Gasteiger partial charge in [-0.05, 0) is 25.7 Å². The largest absolute Gasteiger partial charge is 0.375 e. The van der Waals surface area contributed by atoms with Crippen molar-refractivity contribution in [3.8, 4) is 0 Å². The molecule has 6 nitrogen and oxygen atoms in total. The molecule has 1 aliphatic carbocycles. The molecule has 2 rings (SSSR count). The van der Waals surface area contributed by atoms with Crippen LogP contribution in [-0.4, -0.2) is 55.1 Å². The first-order chi connectivity index (χ1) is 10.0. The van der Waals surface area contributed by atoms with E-state index in [4.69, 9.17) is 10.5 Å². The van der Waals surface area contributed by atoms with Gasteiger partial charge in [0.15, 0.2) is 0 Å². The molecule has 0 aromatic rings. The number of amides is 2. The normalized spacial score (nSPS) is 22.9. The van der Waals surface area contributed by atoms with Gasteiger partial charge in [-0.2, -0.15) is 0 Å². The Labute approximate surface area is 126 Å². The minimum atomic E-state index is -0.648. The molecule has 1 saturated carbocycles. The van der Waals surface area contributed by atoms with Crippen molar-refractivity contribution >= 4 is 11.8 Å². The predicted octanol–water partition coefficient (Wildman–Crippen LogP) is 0.402. The summed E-state index contributed by atoms with van der Waals surface area (Å²) in [6.45, 7) is 1.44. The van der Waals surface area contributed by atoms with E-state index >= 15 is 0 Å². The van der Waals surface area contributed by atoms with E-state index in [1.807, 2.05) is 4.90 Å². The van der Waals surface area contributed by atoms with Crippen LogP contribution >= 0.6 is 0 Å². The highest BCUT2D eigenvalue weighted by atomic mass is 16.5. The van der Waals surface area contributed by atoms with Crippen LogP contribution in [-0.2, 0) is 14.3 Å². The molecule has 2 amide bonds. The first-order valence-electron chi connectivity index (χ1n) is 7.92. The minimum Gasteiger partial charge on any atom is -0.375 e. The highest BCUT2D eigenvalue weighted by Gasteiger charge is 2.39. The second-order valence-electron chi connectivity index (χ2n) is 6.28. The van der Waals surface area contributed by atoms with Gasteiger partial charge in [-0.1, -0.05) is 19.3 Å². The number of hydrogen-bond acceptors (Lipinski definition) is 4. The monoisotopic (exact) mass is 297 g/mol. The second-order valence-corrected chi connectivity index (χ2v) is 6.28. The van der Waals surface area contributed by atoms with Crippen molar-refractivity contribution in [3.63, 3.8) is 0 Å². The lowest BCUT2D eigenvalue weighted by atomic mass is 9.81. The molecule has 21 heavy (non-hydrogen) atoms. The molecule has 0 bridgehead atoms. The van der Waals surface area contributed by atoms with Gasteiger partial charge in [-0.25, -0.2) is 0 Å².